The largest absolute Gasteiger partial charge is 0.465 e. The Morgan fingerprint density at radius 3 is 2.38 bits per heavy atom. The Morgan fingerprint density at radius 1 is 1.27 bits per heavy atom. The highest BCUT2D eigenvalue weighted by Gasteiger charge is 2.45. The Balaban J connectivity index is 3.05. The van der Waals surface area contributed by atoms with Crippen LogP contribution >= 0.6 is 0 Å². The Bertz CT molecular complexity index is 536. The van der Waals surface area contributed by atoms with Gasteiger partial charge in [-0.2, -0.15) is 13.2 Å². The van der Waals surface area contributed by atoms with Gasteiger partial charge < -0.3 is 19.6 Å². The van der Waals surface area contributed by atoms with Crippen molar-refractivity contribution in [2.24, 2.45) is 5.41 Å². The quantitative estimate of drug-likeness (QED) is 0.713. The number of amides is 2. The van der Waals surface area contributed by atoms with E-state index < -0.39 is 48.6 Å². The third-order valence-corrected chi connectivity index (χ3v) is 4.19. The Kier molecular flexibility index (Phi) is 7.28. The lowest BCUT2D eigenvalue weighted by Gasteiger charge is -2.41. The van der Waals surface area contributed by atoms with Gasteiger partial charge in [-0.05, 0) is 19.8 Å². The molecule has 10 heteroatoms. The maximum atomic E-state index is 12.8. The monoisotopic (exact) mass is 382 g/mol. The topological polar surface area (TPSA) is 87.2 Å². The summed E-state index contributed by atoms with van der Waals surface area (Å²) < 4.78 is 43.3. The van der Waals surface area contributed by atoms with E-state index in [9.17, 15) is 27.6 Å². The first-order valence-electron chi connectivity index (χ1n) is 8.38. The molecule has 0 aromatic heterocycles. The molecule has 0 bridgehead atoms. The number of nitrogens with zero attached hydrogens (tertiary/aromatic N) is 2. The van der Waals surface area contributed by atoms with Crippen LogP contribution in [0.4, 0.5) is 18.0 Å². The summed E-state index contributed by atoms with van der Waals surface area (Å²) >= 11 is 0. The van der Waals surface area contributed by atoms with Gasteiger partial charge in [0, 0.05) is 13.1 Å². The van der Waals surface area contributed by atoms with Crippen LogP contribution in [-0.4, -0.2) is 71.3 Å². The second kappa shape index (κ2) is 8.59. The zero-order chi connectivity index (χ0) is 20.1. The first kappa shape index (κ1) is 22.0. The van der Waals surface area contributed by atoms with E-state index in [-0.39, 0.29) is 19.7 Å². The molecule has 1 atom stereocenters. The van der Waals surface area contributed by atoms with E-state index in [0.29, 0.717) is 12.8 Å². The van der Waals surface area contributed by atoms with Gasteiger partial charge in [0.15, 0.2) is 0 Å². The first-order chi connectivity index (χ1) is 11.9. The van der Waals surface area contributed by atoms with E-state index in [1.807, 2.05) is 0 Å². The summed E-state index contributed by atoms with van der Waals surface area (Å²) in [5.74, 6) is -1.59. The van der Waals surface area contributed by atoms with Gasteiger partial charge in [0.05, 0.1) is 24.5 Å². The summed E-state index contributed by atoms with van der Waals surface area (Å²) in [6.45, 7) is 3.69. The van der Waals surface area contributed by atoms with Crippen LogP contribution in [0.2, 0.25) is 0 Å². The van der Waals surface area contributed by atoms with E-state index in [1.54, 1.807) is 6.92 Å². The minimum absolute atomic E-state index is 0.0530. The summed E-state index contributed by atoms with van der Waals surface area (Å²) in [7, 11) is 0. The summed E-state index contributed by atoms with van der Waals surface area (Å²) in [6, 6.07) is -0.677. The van der Waals surface area contributed by atoms with Crippen LogP contribution in [0.3, 0.4) is 0 Å². The molecular formula is C16H25F3N2O5. The minimum atomic E-state index is -4.55. The molecule has 0 radical (unpaired) electrons. The number of likely N-dealkylation sites (tertiary alicyclic amines) is 1. The molecule has 0 aromatic carbocycles. The van der Waals surface area contributed by atoms with Crippen LogP contribution < -0.4 is 0 Å². The van der Waals surface area contributed by atoms with E-state index in [4.69, 9.17) is 9.84 Å². The average Bonchev–Trinajstić information content (AvgIpc) is 2.50. The van der Waals surface area contributed by atoms with Crippen molar-refractivity contribution in [3.05, 3.63) is 0 Å². The second-order valence-corrected chi connectivity index (χ2v) is 6.94. The van der Waals surface area contributed by atoms with Gasteiger partial charge in [0.1, 0.15) is 6.54 Å². The molecule has 7 nitrogen and oxygen atoms in total. The molecule has 1 aliphatic heterocycles. The molecule has 1 unspecified atom stereocenters. The normalized spacial score (nSPS) is 18.4. The van der Waals surface area contributed by atoms with Crippen molar-refractivity contribution in [3.63, 3.8) is 0 Å². The van der Waals surface area contributed by atoms with E-state index in [1.165, 1.54) is 13.8 Å². The van der Waals surface area contributed by atoms with Gasteiger partial charge in [0.25, 0.3) is 0 Å². The molecule has 26 heavy (non-hydrogen) atoms. The highest BCUT2D eigenvalue weighted by Crippen LogP contribution is 2.35. The van der Waals surface area contributed by atoms with Gasteiger partial charge in [0.2, 0.25) is 5.91 Å². The predicted octanol–water partition coefficient (Wildman–Crippen LogP) is 2.50. The average molecular weight is 382 g/mol. The number of carbonyl (C=O) groups excluding carboxylic acids is 2. The van der Waals surface area contributed by atoms with Crippen LogP contribution in [0, 0.1) is 5.41 Å². The molecule has 0 spiro atoms. The maximum absolute atomic E-state index is 12.8. The van der Waals surface area contributed by atoms with E-state index >= 15 is 0 Å². The molecule has 1 heterocycles. The van der Waals surface area contributed by atoms with Crippen LogP contribution in [0.5, 0.6) is 0 Å². The number of esters is 1. The first-order valence-corrected chi connectivity index (χ1v) is 8.38. The van der Waals surface area contributed by atoms with Crippen LogP contribution in [0.1, 0.15) is 40.0 Å². The number of carbonyl (C=O) groups is 3. The SMILES string of the molecule is CCOC(=O)CN(C(=O)C(C)(C)CC(F)(F)F)C1CCCN(C(=O)O)C1. The number of hydrogen-bond donors (Lipinski definition) is 1. The number of halogens is 3. The van der Waals surface area contributed by atoms with Crippen LogP contribution in [-0.2, 0) is 14.3 Å². The predicted molar refractivity (Wildman–Crippen MR) is 85.4 cm³/mol. The van der Waals surface area contributed by atoms with Crippen molar-refractivity contribution >= 4 is 18.0 Å². The van der Waals surface area contributed by atoms with Crippen molar-refractivity contribution < 1.29 is 37.4 Å². The molecule has 0 aliphatic carbocycles. The molecule has 1 fully saturated rings. The fourth-order valence-corrected chi connectivity index (χ4v) is 3.06. The lowest BCUT2D eigenvalue weighted by molar-refractivity contribution is -0.173. The van der Waals surface area contributed by atoms with Gasteiger partial charge in [-0.3, -0.25) is 9.59 Å². The molecule has 1 saturated heterocycles. The van der Waals surface area contributed by atoms with Crippen LogP contribution in [0.25, 0.3) is 0 Å². The Labute approximate surface area is 150 Å². The zero-order valence-electron chi connectivity index (χ0n) is 15.1. The molecule has 0 saturated carbocycles. The molecule has 1 rings (SSSR count). The van der Waals surface area contributed by atoms with Crippen molar-refractivity contribution in [1.29, 1.82) is 0 Å². The fourth-order valence-electron chi connectivity index (χ4n) is 3.06. The van der Waals surface area contributed by atoms with Crippen molar-refractivity contribution in [3.8, 4) is 0 Å². The standard InChI is InChI=1S/C16H25F3N2O5/c1-4-26-12(22)9-21(11-6-5-7-20(8-11)14(24)25)13(23)15(2,3)10-16(17,18)19/h11H,4-10H2,1-3H3,(H,24,25). The van der Waals surface area contributed by atoms with Gasteiger partial charge in [-0.25, -0.2) is 4.79 Å². The third kappa shape index (κ3) is 6.38. The van der Waals surface area contributed by atoms with E-state index in [2.05, 4.69) is 0 Å². The fraction of sp³-hybridized carbons (Fsp3) is 0.812. The van der Waals surface area contributed by atoms with Gasteiger partial charge in [-0.15, -0.1) is 0 Å². The summed E-state index contributed by atoms with van der Waals surface area (Å²) in [4.78, 5) is 38.0. The Morgan fingerprint density at radius 2 is 1.88 bits per heavy atom. The van der Waals surface area contributed by atoms with Crippen molar-refractivity contribution in [1.82, 2.24) is 9.80 Å². The third-order valence-electron chi connectivity index (χ3n) is 4.19. The lowest BCUT2D eigenvalue weighted by Crippen LogP contribution is -2.56. The van der Waals surface area contributed by atoms with Crippen molar-refractivity contribution in [2.75, 3.05) is 26.2 Å². The van der Waals surface area contributed by atoms with Gasteiger partial charge in [-0.1, -0.05) is 13.8 Å². The van der Waals surface area contributed by atoms with Gasteiger partial charge >= 0.3 is 18.2 Å². The number of hydrogen-bond acceptors (Lipinski definition) is 4. The zero-order valence-corrected chi connectivity index (χ0v) is 15.1. The Hall–Kier alpha value is -2.00. The summed E-state index contributed by atoms with van der Waals surface area (Å²) in [6.07, 6.45) is -6.21. The molecule has 0 aromatic rings. The number of rotatable bonds is 6. The number of alkyl halides is 3. The number of ether oxygens (including phenoxy) is 1. The molecule has 150 valence electrons. The summed E-state index contributed by atoms with van der Waals surface area (Å²) in [5, 5.41) is 9.14. The minimum Gasteiger partial charge on any atom is -0.465 e. The highest BCUT2D eigenvalue weighted by molar-refractivity contribution is 5.86. The smallest absolute Gasteiger partial charge is 0.407 e. The number of carboxylic acid groups (broad SMARTS) is 1. The molecule has 1 N–H and O–H groups in total. The maximum Gasteiger partial charge on any atom is 0.407 e. The van der Waals surface area contributed by atoms with Crippen LogP contribution in [0.15, 0.2) is 0 Å². The lowest BCUT2D eigenvalue weighted by atomic mass is 9.86. The van der Waals surface area contributed by atoms with E-state index in [0.717, 1.165) is 9.80 Å². The molecular weight excluding hydrogens is 357 g/mol. The molecule has 1 aliphatic rings. The molecule has 2 amide bonds. The highest BCUT2D eigenvalue weighted by atomic mass is 19.4. The van der Waals surface area contributed by atoms with Crippen molar-refractivity contribution in [2.45, 2.75) is 52.3 Å². The number of piperidine rings is 1. The second-order valence-electron chi connectivity index (χ2n) is 6.94. The summed E-state index contributed by atoms with van der Waals surface area (Å²) in [5.41, 5.74) is -1.78.